The minimum absolute atomic E-state index is 0.0680. The van der Waals surface area contributed by atoms with Gasteiger partial charge in [0.05, 0.1) is 11.5 Å². The van der Waals surface area contributed by atoms with Crippen molar-refractivity contribution in [1.29, 1.82) is 0 Å². The molecule has 5 nitrogen and oxygen atoms in total. The number of ether oxygens (including phenoxy) is 2. The van der Waals surface area contributed by atoms with Crippen LogP contribution in [0.4, 0.5) is 0 Å². The van der Waals surface area contributed by atoms with E-state index in [9.17, 15) is 13.2 Å². The van der Waals surface area contributed by atoms with Crippen molar-refractivity contribution < 1.29 is 22.7 Å². The van der Waals surface area contributed by atoms with E-state index in [2.05, 4.69) is 0 Å². The zero-order valence-corrected chi connectivity index (χ0v) is 8.33. The quantitative estimate of drug-likeness (QED) is 0.565. The Morgan fingerprint density at radius 2 is 1.85 bits per heavy atom. The topological polar surface area (TPSA) is 69.7 Å². The minimum Gasteiger partial charge on any atom is -0.459 e. The predicted molar refractivity (Wildman–Crippen MR) is 45.0 cm³/mol. The van der Waals surface area contributed by atoms with E-state index in [1.807, 2.05) is 0 Å². The molecule has 1 fully saturated rings. The van der Waals surface area contributed by atoms with Gasteiger partial charge in [-0.15, -0.1) is 0 Å². The second-order valence-electron chi connectivity index (χ2n) is 3.00. The lowest BCUT2D eigenvalue weighted by molar-refractivity contribution is -0.150. The summed E-state index contributed by atoms with van der Waals surface area (Å²) in [6.07, 6.45) is -1.17. The molecule has 0 N–H and O–H groups in total. The smallest absolute Gasteiger partial charge is 0.303 e. The lowest BCUT2D eigenvalue weighted by Crippen LogP contribution is -2.30. The maximum atomic E-state index is 11.1. The molecule has 6 heteroatoms. The highest BCUT2D eigenvalue weighted by Crippen LogP contribution is 2.18. The van der Waals surface area contributed by atoms with Crippen molar-refractivity contribution in [2.75, 3.05) is 18.6 Å². The first-order valence-electron chi connectivity index (χ1n) is 3.85. The Morgan fingerprint density at radius 3 is 2.31 bits per heavy atom. The molecule has 0 saturated carbocycles. The summed E-state index contributed by atoms with van der Waals surface area (Å²) in [5.74, 6) is -0.684. The van der Waals surface area contributed by atoms with Crippen LogP contribution in [0.15, 0.2) is 0 Å². The van der Waals surface area contributed by atoms with Gasteiger partial charge in [-0.25, -0.2) is 8.42 Å². The van der Waals surface area contributed by atoms with Crippen molar-refractivity contribution in [1.82, 2.24) is 0 Å². The van der Waals surface area contributed by atoms with E-state index in [0.717, 1.165) is 0 Å². The molecule has 0 spiro atoms. The number of rotatable bonds is 2. The van der Waals surface area contributed by atoms with Crippen LogP contribution in [0.1, 0.15) is 6.92 Å². The molecule has 1 aliphatic heterocycles. The number of esters is 1. The van der Waals surface area contributed by atoms with E-state index in [0.29, 0.717) is 0 Å². The van der Waals surface area contributed by atoms with Gasteiger partial charge in [-0.2, -0.15) is 0 Å². The second-order valence-corrected chi connectivity index (χ2v) is 5.15. The second kappa shape index (κ2) is 3.63. The third-order valence-electron chi connectivity index (χ3n) is 1.87. The Labute approximate surface area is 76.9 Å². The van der Waals surface area contributed by atoms with Crippen molar-refractivity contribution in [3.8, 4) is 0 Å². The van der Waals surface area contributed by atoms with Crippen molar-refractivity contribution in [3.05, 3.63) is 0 Å². The van der Waals surface area contributed by atoms with E-state index in [4.69, 9.17) is 9.47 Å². The average molecular weight is 208 g/mol. The molecule has 76 valence electrons. The predicted octanol–water partition coefficient (Wildman–Crippen LogP) is -0.639. The summed E-state index contributed by atoms with van der Waals surface area (Å²) < 4.78 is 32.0. The molecule has 13 heavy (non-hydrogen) atoms. The number of carbonyl (C=O) groups is 1. The zero-order valence-electron chi connectivity index (χ0n) is 7.52. The van der Waals surface area contributed by atoms with Gasteiger partial charge in [0.15, 0.2) is 9.84 Å². The van der Waals surface area contributed by atoms with Gasteiger partial charge in [-0.3, -0.25) is 4.79 Å². The Morgan fingerprint density at radius 1 is 1.31 bits per heavy atom. The molecule has 0 unspecified atom stereocenters. The van der Waals surface area contributed by atoms with Crippen LogP contribution >= 0.6 is 0 Å². The van der Waals surface area contributed by atoms with Crippen LogP contribution in [-0.4, -0.2) is 45.2 Å². The molecule has 1 aliphatic rings. The van der Waals surface area contributed by atoms with Gasteiger partial charge in [0.1, 0.15) is 12.2 Å². The summed E-state index contributed by atoms with van der Waals surface area (Å²) in [6, 6.07) is 0. The Kier molecular flexibility index (Phi) is 2.92. The van der Waals surface area contributed by atoms with Crippen molar-refractivity contribution in [2.45, 2.75) is 19.1 Å². The molecule has 1 rings (SSSR count). The molecule has 2 atom stereocenters. The lowest BCUT2D eigenvalue weighted by Gasteiger charge is -2.15. The highest BCUT2D eigenvalue weighted by atomic mass is 32.2. The first-order chi connectivity index (χ1) is 5.94. The van der Waals surface area contributed by atoms with Crippen LogP contribution in [0.5, 0.6) is 0 Å². The Bertz CT molecular complexity index is 294. The van der Waals surface area contributed by atoms with Crippen LogP contribution in [0.3, 0.4) is 0 Å². The summed E-state index contributed by atoms with van der Waals surface area (Å²) in [4.78, 5) is 10.6. The molecular formula is C7H12O5S. The van der Waals surface area contributed by atoms with Gasteiger partial charge < -0.3 is 9.47 Å². The SMILES string of the molecule is CO[C@@H]1CS(=O)(=O)C[C@@H]1OC(C)=O. The molecule has 0 bridgehead atoms. The van der Waals surface area contributed by atoms with E-state index in [-0.39, 0.29) is 11.5 Å². The molecular weight excluding hydrogens is 196 g/mol. The molecule has 1 heterocycles. The molecule has 0 radical (unpaired) electrons. The highest BCUT2D eigenvalue weighted by Gasteiger charge is 2.39. The molecule has 0 aromatic rings. The van der Waals surface area contributed by atoms with Crippen LogP contribution < -0.4 is 0 Å². The van der Waals surface area contributed by atoms with Crippen molar-refractivity contribution >= 4 is 15.8 Å². The van der Waals surface area contributed by atoms with Crippen LogP contribution in [0.25, 0.3) is 0 Å². The Balaban J connectivity index is 2.69. The molecule has 0 aliphatic carbocycles. The normalized spacial score (nSPS) is 31.5. The van der Waals surface area contributed by atoms with E-state index in [1.165, 1.54) is 14.0 Å². The third kappa shape index (κ3) is 2.67. The number of methoxy groups -OCH3 is 1. The van der Waals surface area contributed by atoms with Gasteiger partial charge >= 0.3 is 5.97 Å². The third-order valence-corrected chi connectivity index (χ3v) is 3.54. The molecule has 0 aromatic heterocycles. The largest absolute Gasteiger partial charge is 0.459 e. The van der Waals surface area contributed by atoms with Crippen molar-refractivity contribution in [2.24, 2.45) is 0 Å². The standard InChI is InChI=1S/C7H12O5S/c1-5(8)12-7-4-13(9,10)3-6(7)11-2/h6-7H,3-4H2,1-2H3/t6-,7+/m1/s1. The monoisotopic (exact) mass is 208 g/mol. The maximum absolute atomic E-state index is 11.1. The molecule has 0 amide bonds. The summed E-state index contributed by atoms with van der Waals surface area (Å²) >= 11 is 0. The maximum Gasteiger partial charge on any atom is 0.303 e. The molecule has 0 aromatic carbocycles. The highest BCUT2D eigenvalue weighted by molar-refractivity contribution is 7.91. The van der Waals surface area contributed by atoms with Crippen molar-refractivity contribution in [3.63, 3.8) is 0 Å². The minimum atomic E-state index is -3.10. The fraction of sp³-hybridized carbons (Fsp3) is 0.857. The van der Waals surface area contributed by atoms with E-state index >= 15 is 0 Å². The average Bonchev–Trinajstić information content (AvgIpc) is 2.24. The van der Waals surface area contributed by atoms with Gasteiger partial charge in [0.25, 0.3) is 0 Å². The van der Waals surface area contributed by atoms with Gasteiger partial charge in [-0.05, 0) is 0 Å². The lowest BCUT2D eigenvalue weighted by atomic mass is 10.2. The summed E-state index contributed by atoms with van der Waals surface area (Å²) in [6.45, 7) is 1.25. The van der Waals surface area contributed by atoms with Crippen LogP contribution in [0, 0.1) is 0 Å². The van der Waals surface area contributed by atoms with E-state index in [1.54, 1.807) is 0 Å². The summed E-state index contributed by atoms with van der Waals surface area (Å²) in [7, 11) is -1.70. The molecule has 1 saturated heterocycles. The van der Waals surface area contributed by atoms with Crippen LogP contribution in [0.2, 0.25) is 0 Å². The summed E-state index contributed by atoms with van der Waals surface area (Å²) in [5.41, 5.74) is 0. The van der Waals surface area contributed by atoms with Gasteiger partial charge in [0.2, 0.25) is 0 Å². The van der Waals surface area contributed by atoms with Gasteiger partial charge in [-0.1, -0.05) is 0 Å². The number of hydrogen-bond acceptors (Lipinski definition) is 5. The first-order valence-corrected chi connectivity index (χ1v) is 5.67. The fourth-order valence-electron chi connectivity index (χ4n) is 1.33. The van der Waals surface area contributed by atoms with Crippen LogP contribution in [-0.2, 0) is 24.1 Å². The van der Waals surface area contributed by atoms with E-state index < -0.39 is 28.0 Å². The number of carbonyl (C=O) groups excluding carboxylic acids is 1. The zero-order chi connectivity index (χ0) is 10.1. The fourth-order valence-corrected chi connectivity index (χ4v) is 3.10. The number of hydrogen-bond donors (Lipinski definition) is 0. The number of sulfone groups is 1. The van der Waals surface area contributed by atoms with Gasteiger partial charge in [0, 0.05) is 14.0 Å². The summed E-state index contributed by atoms with van der Waals surface area (Å²) in [5, 5.41) is 0. The Hall–Kier alpha value is -0.620. The first kappa shape index (κ1) is 10.5.